The van der Waals surface area contributed by atoms with E-state index in [0.717, 1.165) is 12.1 Å². The van der Waals surface area contributed by atoms with Crippen molar-refractivity contribution in [2.75, 3.05) is 11.8 Å². The Kier molecular flexibility index (Phi) is 4.96. The number of allylic oxidation sites excluding steroid dienone is 1. The van der Waals surface area contributed by atoms with Gasteiger partial charge in [0.25, 0.3) is 10.0 Å². The van der Waals surface area contributed by atoms with Gasteiger partial charge in [-0.1, -0.05) is 6.07 Å². The number of rotatable bonds is 5. The average Bonchev–Trinajstić information content (AvgIpc) is 2.56. The molecule has 0 atom stereocenters. The third-order valence-electron chi connectivity index (χ3n) is 3.04. The summed E-state index contributed by atoms with van der Waals surface area (Å²) in [5.41, 5.74) is 0.521. The van der Waals surface area contributed by atoms with Gasteiger partial charge in [0.15, 0.2) is 16.4 Å². The molecular weight excluding hydrogens is 332 g/mol. The van der Waals surface area contributed by atoms with Crippen LogP contribution in [0.25, 0.3) is 6.08 Å². The first-order valence-corrected chi connectivity index (χ1v) is 8.14. The SMILES string of the molecule is COc1ccc(NS(=O)(=O)C(C#N)=Cc2ccc(O)c(O)c2)cc1. The zero-order valence-electron chi connectivity index (χ0n) is 12.6. The van der Waals surface area contributed by atoms with Gasteiger partial charge in [-0.2, -0.15) is 5.26 Å². The molecular formula is C16H14N2O5S. The largest absolute Gasteiger partial charge is 0.504 e. The summed E-state index contributed by atoms with van der Waals surface area (Å²) in [5, 5.41) is 27.8. The molecule has 0 aliphatic rings. The highest BCUT2D eigenvalue weighted by Gasteiger charge is 2.18. The molecule has 124 valence electrons. The van der Waals surface area contributed by atoms with Crippen LogP contribution in [-0.4, -0.2) is 25.7 Å². The lowest BCUT2D eigenvalue weighted by atomic mass is 10.2. The maximum atomic E-state index is 12.3. The van der Waals surface area contributed by atoms with Gasteiger partial charge in [0.05, 0.1) is 7.11 Å². The molecule has 7 nitrogen and oxygen atoms in total. The van der Waals surface area contributed by atoms with Crippen LogP contribution in [0.4, 0.5) is 5.69 Å². The van der Waals surface area contributed by atoms with Gasteiger partial charge in [-0.3, -0.25) is 4.72 Å². The maximum Gasteiger partial charge on any atom is 0.272 e. The second kappa shape index (κ2) is 6.93. The van der Waals surface area contributed by atoms with Crippen LogP contribution < -0.4 is 9.46 Å². The molecule has 8 heteroatoms. The van der Waals surface area contributed by atoms with Crippen molar-refractivity contribution in [3.63, 3.8) is 0 Å². The molecule has 24 heavy (non-hydrogen) atoms. The summed E-state index contributed by atoms with van der Waals surface area (Å²) in [6.07, 6.45) is 1.09. The van der Waals surface area contributed by atoms with Gasteiger partial charge < -0.3 is 14.9 Å². The van der Waals surface area contributed by atoms with Crippen molar-refractivity contribution < 1.29 is 23.4 Å². The van der Waals surface area contributed by atoms with E-state index in [1.54, 1.807) is 18.2 Å². The Morgan fingerprint density at radius 1 is 1.17 bits per heavy atom. The summed E-state index contributed by atoms with van der Waals surface area (Å²) in [5.74, 6) is -0.194. The highest BCUT2D eigenvalue weighted by Crippen LogP contribution is 2.27. The number of nitriles is 1. The topological polar surface area (TPSA) is 120 Å². The van der Waals surface area contributed by atoms with E-state index in [2.05, 4.69) is 4.72 Å². The third-order valence-corrected chi connectivity index (χ3v) is 4.33. The highest BCUT2D eigenvalue weighted by atomic mass is 32.2. The molecule has 0 bridgehead atoms. The summed E-state index contributed by atoms with van der Waals surface area (Å²) in [6, 6.07) is 11.5. The number of phenolic OH excluding ortho intramolecular Hbond substituents is 2. The lowest BCUT2D eigenvalue weighted by Crippen LogP contribution is -2.14. The van der Waals surface area contributed by atoms with E-state index >= 15 is 0 Å². The molecule has 2 aromatic rings. The lowest BCUT2D eigenvalue weighted by Gasteiger charge is -2.08. The number of nitrogens with one attached hydrogen (secondary N) is 1. The minimum absolute atomic E-state index is 0.252. The van der Waals surface area contributed by atoms with Crippen molar-refractivity contribution in [3.05, 3.63) is 52.9 Å². The van der Waals surface area contributed by atoms with E-state index in [0.29, 0.717) is 5.75 Å². The summed E-state index contributed by atoms with van der Waals surface area (Å²) in [7, 11) is -2.61. The maximum absolute atomic E-state index is 12.3. The van der Waals surface area contributed by atoms with Crippen LogP contribution >= 0.6 is 0 Å². The number of benzene rings is 2. The first kappa shape index (κ1) is 17.2. The van der Waals surface area contributed by atoms with Crippen LogP contribution in [0.2, 0.25) is 0 Å². The first-order valence-electron chi connectivity index (χ1n) is 6.66. The number of nitrogens with zero attached hydrogens (tertiary/aromatic N) is 1. The van der Waals surface area contributed by atoms with Crippen LogP contribution in [0.15, 0.2) is 47.4 Å². The van der Waals surface area contributed by atoms with E-state index in [4.69, 9.17) is 10.00 Å². The van der Waals surface area contributed by atoms with E-state index in [1.165, 1.54) is 31.4 Å². The van der Waals surface area contributed by atoms with Crippen molar-refractivity contribution in [3.8, 4) is 23.3 Å². The molecule has 0 radical (unpaired) electrons. The van der Waals surface area contributed by atoms with Crippen LogP contribution in [0.1, 0.15) is 5.56 Å². The van der Waals surface area contributed by atoms with Crippen molar-refractivity contribution in [1.29, 1.82) is 5.26 Å². The number of phenols is 2. The molecule has 0 saturated heterocycles. The van der Waals surface area contributed by atoms with Gasteiger partial charge in [-0.05, 0) is 48.0 Å². The quantitative estimate of drug-likeness (QED) is 0.565. The Morgan fingerprint density at radius 3 is 2.38 bits per heavy atom. The van der Waals surface area contributed by atoms with Gasteiger partial charge in [0.1, 0.15) is 11.8 Å². The number of sulfonamides is 1. The predicted molar refractivity (Wildman–Crippen MR) is 88.9 cm³/mol. The zero-order chi connectivity index (χ0) is 17.7. The summed E-state index contributed by atoms with van der Waals surface area (Å²) < 4.78 is 31.9. The monoisotopic (exact) mass is 346 g/mol. The third kappa shape index (κ3) is 3.97. The minimum Gasteiger partial charge on any atom is -0.504 e. The van der Waals surface area contributed by atoms with Gasteiger partial charge in [-0.15, -0.1) is 0 Å². The van der Waals surface area contributed by atoms with Crippen molar-refractivity contribution in [2.24, 2.45) is 0 Å². The molecule has 0 fully saturated rings. The Bertz CT molecular complexity index is 912. The Hall–Kier alpha value is -3.18. The lowest BCUT2D eigenvalue weighted by molar-refractivity contribution is 0.403. The van der Waals surface area contributed by atoms with Crippen molar-refractivity contribution in [2.45, 2.75) is 0 Å². The fraction of sp³-hybridized carbons (Fsp3) is 0.0625. The predicted octanol–water partition coefficient (Wildman–Crippen LogP) is 2.41. The van der Waals surface area contributed by atoms with E-state index in [-0.39, 0.29) is 17.0 Å². The standard InChI is InChI=1S/C16H14N2O5S/c1-23-13-5-3-12(4-6-13)18-24(21,22)14(10-17)8-11-2-7-15(19)16(20)9-11/h2-9,18-20H,1H3. The highest BCUT2D eigenvalue weighted by molar-refractivity contribution is 7.96. The second-order valence-corrected chi connectivity index (χ2v) is 6.35. The number of anilines is 1. The van der Waals surface area contributed by atoms with Crippen LogP contribution in [0.3, 0.4) is 0 Å². The Balaban J connectivity index is 2.31. The van der Waals surface area contributed by atoms with Crippen LogP contribution in [-0.2, 0) is 10.0 Å². The van der Waals surface area contributed by atoms with Crippen LogP contribution in [0, 0.1) is 11.3 Å². The molecule has 0 aliphatic heterocycles. The smallest absolute Gasteiger partial charge is 0.272 e. The molecule has 3 N–H and O–H groups in total. The number of methoxy groups -OCH3 is 1. The van der Waals surface area contributed by atoms with Crippen molar-refractivity contribution in [1.82, 2.24) is 0 Å². The molecule has 0 spiro atoms. The van der Waals surface area contributed by atoms with Crippen molar-refractivity contribution >= 4 is 21.8 Å². The second-order valence-electron chi connectivity index (χ2n) is 4.70. The van der Waals surface area contributed by atoms with E-state index in [9.17, 15) is 18.6 Å². The number of hydrogen-bond donors (Lipinski definition) is 3. The first-order chi connectivity index (χ1) is 11.4. The molecule has 0 unspecified atom stereocenters. The normalized spacial score (nSPS) is 11.6. The fourth-order valence-electron chi connectivity index (χ4n) is 1.82. The van der Waals surface area contributed by atoms with Gasteiger partial charge in [-0.25, -0.2) is 8.42 Å². The van der Waals surface area contributed by atoms with Gasteiger partial charge >= 0.3 is 0 Å². The molecule has 0 heterocycles. The Morgan fingerprint density at radius 2 is 1.83 bits per heavy atom. The van der Waals surface area contributed by atoms with Gasteiger partial charge in [0.2, 0.25) is 0 Å². The molecule has 0 amide bonds. The molecule has 0 aliphatic carbocycles. The molecule has 0 saturated carbocycles. The Labute approximate surface area is 139 Å². The van der Waals surface area contributed by atoms with E-state index in [1.807, 2.05) is 0 Å². The van der Waals surface area contributed by atoms with Crippen LogP contribution in [0.5, 0.6) is 17.2 Å². The molecule has 2 aromatic carbocycles. The summed E-state index contributed by atoms with van der Waals surface area (Å²) in [4.78, 5) is -0.539. The summed E-state index contributed by atoms with van der Waals surface area (Å²) in [6.45, 7) is 0. The number of aromatic hydroxyl groups is 2. The zero-order valence-corrected chi connectivity index (χ0v) is 13.4. The number of ether oxygens (including phenoxy) is 1. The fourth-order valence-corrected chi connectivity index (χ4v) is 2.79. The average molecular weight is 346 g/mol. The van der Waals surface area contributed by atoms with E-state index < -0.39 is 20.7 Å². The van der Waals surface area contributed by atoms with Gasteiger partial charge in [0, 0.05) is 5.69 Å². The number of hydrogen-bond acceptors (Lipinski definition) is 6. The molecule has 2 rings (SSSR count). The molecule has 0 aromatic heterocycles. The minimum atomic E-state index is -4.10. The summed E-state index contributed by atoms with van der Waals surface area (Å²) >= 11 is 0.